The molecule has 1 heterocycles. The maximum atomic E-state index is 5.65. The Bertz CT molecular complexity index is 756. The topological polar surface area (TPSA) is 57.4 Å². The van der Waals surface area contributed by atoms with Crippen LogP contribution in [0.2, 0.25) is 0 Å². The molecule has 0 bridgehead atoms. The Morgan fingerprint density at radius 1 is 1.09 bits per heavy atom. The van der Waals surface area contributed by atoms with E-state index in [0.717, 1.165) is 21.5 Å². The third-order valence-corrected chi connectivity index (χ3v) is 3.66. The van der Waals surface area contributed by atoms with E-state index in [2.05, 4.69) is 26.1 Å². The van der Waals surface area contributed by atoms with E-state index in [4.69, 9.17) is 14.0 Å². The minimum atomic E-state index is 0.214. The lowest BCUT2D eigenvalue weighted by Gasteiger charge is -2.04. The van der Waals surface area contributed by atoms with Crippen molar-refractivity contribution in [2.45, 2.75) is 6.61 Å². The van der Waals surface area contributed by atoms with Crippen molar-refractivity contribution in [1.29, 1.82) is 0 Å². The molecule has 2 aromatic carbocycles. The largest absolute Gasteiger partial charge is 0.497 e. The lowest BCUT2D eigenvalue weighted by Crippen LogP contribution is -1.96. The van der Waals surface area contributed by atoms with Crippen LogP contribution in [0.5, 0.6) is 11.5 Å². The Hall–Kier alpha value is -2.34. The molecular weight excluding hydrogens is 348 g/mol. The summed E-state index contributed by atoms with van der Waals surface area (Å²) in [5.41, 5.74) is 0.858. The van der Waals surface area contributed by atoms with E-state index in [9.17, 15) is 0 Å². The first-order valence-corrected chi connectivity index (χ1v) is 7.40. The van der Waals surface area contributed by atoms with Crippen molar-refractivity contribution >= 4 is 15.9 Å². The van der Waals surface area contributed by atoms with E-state index in [0.29, 0.717) is 11.7 Å². The number of rotatable bonds is 5. The zero-order valence-electron chi connectivity index (χ0n) is 11.8. The van der Waals surface area contributed by atoms with E-state index in [1.165, 1.54) is 0 Å². The van der Waals surface area contributed by atoms with Crippen molar-refractivity contribution in [3.8, 4) is 22.9 Å². The van der Waals surface area contributed by atoms with Crippen LogP contribution in [0.1, 0.15) is 5.89 Å². The van der Waals surface area contributed by atoms with Gasteiger partial charge in [-0.1, -0.05) is 17.3 Å². The van der Waals surface area contributed by atoms with Gasteiger partial charge in [-0.15, -0.1) is 0 Å². The first-order valence-electron chi connectivity index (χ1n) is 6.60. The van der Waals surface area contributed by atoms with E-state index < -0.39 is 0 Å². The predicted molar refractivity (Wildman–Crippen MR) is 84.8 cm³/mol. The molecule has 0 aliphatic carbocycles. The maximum Gasteiger partial charge on any atom is 0.264 e. The fraction of sp³-hybridized carbons (Fsp3) is 0.125. The standard InChI is InChI=1S/C16H13BrN2O3/c1-20-12-8-6-11(7-9-12)16-18-15(22-19-16)10-21-14-5-3-2-4-13(14)17/h2-9H,10H2,1H3. The molecule has 0 saturated carbocycles. The van der Waals surface area contributed by atoms with Crippen LogP contribution >= 0.6 is 15.9 Å². The molecule has 0 fully saturated rings. The molecule has 3 rings (SSSR count). The van der Waals surface area contributed by atoms with E-state index >= 15 is 0 Å². The van der Waals surface area contributed by atoms with Gasteiger partial charge in [-0.25, -0.2) is 0 Å². The Kier molecular flexibility index (Phi) is 4.39. The Balaban J connectivity index is 1.69. The summed E-state index contributed by atoms with van der Waals surface area (Å²) >= 11 is 3.42. The molecule has 1 aromatic heterocycles. The zero-order valence-corrected chi connectivity index (χ0v) is 13.4. The first kappa shape index (κ1) is 14.6. The number of ether oxygens (including phenoxy) is 2. The Morgan fingerprint density at radius 3 is 2.59 bits per heavy atom. The molecule has 0 amide bonds. The van der Waals surface area contributed by atoms with Gasteiger partial charge in [0, 0.05) is 5.56 Å². The van der Waals surface area contributed by atoms with Gasteiger partial charge in [-0.2, -0.15) is 4.98 Å². The predicted octanol–water partition coefficient (Wildman–Crippen LogP) is 4.09. The third kappa shape index (κ3) is 3.28. The number of benzene rings is 2. The van der Waals surface area contributed by atoms with Crippen LogP contribution in [0.25, 0.3) is 11.4 Å². The normalized spacial score (nSPS) is 10.5. The van der Waals surface area contributed by atoms with Crippen molar-refractivity contribution in [3.63, 3.8) is 0 Å². The highest BCUT2D eigenvalue weighted by atomic mass is 79.9. The van der Waals surface area contributed by atoms with Crippen LogP contribution in [-0.2, 0) is 6.61 Å². The molecule has 0 radical (unpaired) electrons. The van der Waals surface area contributed by atoms with Crippen molar-refractivity contribution in [2.75, 3.05) is 7.11 Å². The van der Waals surface area contributed by atoms with Crippen LogP contribution in [-0.4, -0.2) is 17.3 Å². The molecule has 22 heavy (non-hydrogen) atoms. The van der Waals surface area contributed by atoms with Crippen LogP contribution < -0.4 is 9.47 Å². The minimum Gasteiger partial charge on any atom is -0.497 e. The molecule has 3 aromatic rings. The summed E-state index contributed by atoms with van der Waals surface area (Å²) in [5, 5.41) is 3.96. The van der Waals surface area contributed by atoms with Crippen molar-refractivity contribution in [1.82, 2.24) is 10.1 Å². The van der Waals surface area contributed by atoms with Gasteiger partial charge in [0.25, 0.3) is 5.89 Å². The molecule has 0 spiro atoms. The molecule has 6 heteroatoms. The van der Waals surface area contributed by atoms with Gasteiger partial charge >= 0.3 is 0 Å². The van der Waals surface area contributed by atoms with Gasteiger partial charge in [0.15, 0.2) is 6.61 Å². The zero-order chi connectivity index (χ0) is 15.4. The Morgan fingerprint density at radius 2 is 1.86 bits per heavy atom. The van der Waals surface area contributed by atoms with Gasteiger partial charge in [0.1, 0.15) is 11.5 Å². The lowest BCUT2D eigenvalue weighted by atomic mass is 10.2. The van der Waals surface area contributed by atoms with Crippen LogP contribution in [0, 0.1) is 0 Å². The summed E-state index contributed by atoms with van der Waals surface area (Å²) in [4.78, 5) is 4.32. The van der Waals surface area contributed by atoms with Gasteiger partial charge in [0.2, 0.25) is 5.82 Å². The van der Waals surface area contributed by atoms with Crippen LogP contribution in [0.3, 0.4) is 0 Å². The SMILES string of the molecule is COc1ccc(-c2noc(COc3ccccc3Br)n2)cc1. The van der Waals surface area contributed by atoms with Crippen LogP contribution in [0.4, 0.5) is 0 Å². The highest BCUT2D eigenvalue weighted by Gasteiger charge is 2.10. The van der Waals surface area contributed by atoms with E-state index in [-0.39, 0.29) is 6.61 Å². The molecule has 0 unspecified atom stereocenters. The van der Waals surface area contributed by atoms with Gasteiger partial charge in [0.05, 0.1) is 11.6 Å². The molecule has 0 atom stereocenters. The highest BCUT2D eigenvalue weighted by molar-refractivity contribution is 9.10. The van der Waals surface area contributed by atoms with Crippen molar-refractivity contribution < 1.29 is 14.0 Å². The first-order chi connectivity index (χ1) is 10.8. The minimum absolute atomic E-state index is 0.214. The second-order valence-corrected chi connectivity index (χ2v) is 5.31. The Labute approximate surface area is 136 Å². The van der Waals surface area contributed by atoms with Crippen LogP contribution in [0.15, 0.2) is 57.5 Å². The van der Waals surface area contributed by atoms with Gasteiger partial charge in [-0.05, 0) is 52.3 Å². The van der Waals surface area contributed by atoms with E-state index in [1.54, 1.807) is 7.11 Å². The molecule has 0 aliphatic heterocycles. The van der Waals surface area contributed by atoms with Crippen molar-refractivity contribution in [2.24, 2.45) is 0 Å². The number of halogens is 1. The summed E-state index contributed by atoms with van der Waals surface area (Å²) in [7, 11) is 1.63. The smallest absolute Gasteiger partial charge is 0.264 e. The monoisotopic (exact) mass is 360 g/mol. The van der Waals surface area contributed by atoms with Gasteiger partial charge in [-0.3, -0.25) is 0 Å². The van der Waals surface area contributed by atoms with Crippen molar-refractivity contribution in [3.05, 3.63) is 58.9 Å². The fourth-order valence-corrected chi connectivity index (χ4v) is 2.27. The number of para-hydroxylation sites is 1. The van der Waals surface area contributed by atoms with Gasteiger partial charge < -0.3 is 14.0 Å². The molecule has 0 saturated heterocycles. The summed E-state index contributed by atoms with van der Waals surface area (Å²) in [6, 6.07) is 15.1. The molecule has 0 N–H and O–H groups in total. The summed E-state index contributed by atoms with van der Waals surface area (Å²) < 4.78 is 16.8. The summed E-state index contributed by atoms with van der Waals surface area (Å²) in [6.07, 6.45) is 0. The molecule has 5 nitrogen and oxygen atoms in total. The second kappa shape index (κ2) is 6.62. The lowest BCUT2D eigenvalue weighted by molar-refractivity contribution is 0.242. The summed E-state index contributed by atoms with van der Waals surface area (Å²) in [6.45, 7) is 0.214. The second-order valence-electron chi connectivity index (χ2n) is 4.46. The molecule has 112 valence electrons. The number of hydrogen-bond donors (Lipinski definition) is 0. The molecule has 0 aliphatic rings. The third-order valence-electron chi connectivity index (χ3n) is 3.00. The number of nitrogens with zero attached hydrogens (tertiary/aromatic N) is 2. The maximum absolute atomic E-state index is 5.65. The number of hydrogen-bond acceptors (Lipinski definition) is 5. The quantitative estimate of drug-likeness (QED) is 0.685. The average Bonchev–Trinajstić information content (AvgIpc) is 3.03. The average molecular weight is 361 g/mol. The highest BCUT2D eigenvalue weighted by Crippen LogP contribution is 2.25. The number of aromatic nitrogens is 2. The fourth-order valence-electron chi connectivity index (χ4n) is 1.87. The summed E-state index contributed by atoms with van der Waals surface area (Å²) in [5.74, 6) is 2.45. The number of methoxy groups -OCH3 is 1. The molecular formula is C16H13BrN2O3. The van der Waals surface area contributed by atoms with E-state index in [1.807, 2.05) is 48.5 Å².